The summed E-state index contributed by atoms with van der Waals surface area (Å²) in [6.45, 7) is 5.85. The lowest BCUT2D eigenvalue weighted by molar-refractivity contribution is -0.121. The molecule has 4 amide bonds. The first-order chi connectivity index (χ1) is 11.8. The topological polar surface area (TPSA) is 70.2 Å². The first kappa shape index (κ1) is 15.9. The summed E-state index contributed by atoms with van der Waals surface area (Å²) < 4.78 is 5.45. The number of piperazine rings is 1. The molecular formula is C18H21N3O4. The molecule has 2 bridgehead atoms. The minimum Gasteiger partial charge on any atom is -0.444 e. The van der Waals surface area contributed by atoms with Gasteiger partial charge >= 0.3 is 12.1 Å². The summed E-state index contributed by atoms with van der Waals surface area (Å²) >= 11 is 0. The van der Waals surface area contributed by atoms with Gasteiger partial charge in [-0.05, 0) is 39.3 Å². The minimum absolute atomic E-state index is 0.132. The SMILES string of the molecule is CC(C)(C)OC(=O)N1CC2C[C@@H]1[C@@H]1C(=O)N(c3ccccc3)C(=O)N21. The summed E-state index contributed by atoms with van der Waals surface area (Å²) in [4.78, 5) is 42.6. The Kier molecular flexibility index (Phi) is 3.32. The average Bonchev–Trinajstić information content (AvgIpc) is 3.18. The van der Waals surface area contributed by atoms with Crippen molar-refractivity contribution in [2.75, 3.05) is 11.4 Å². The number of amides is 4. The molecule has 0 aromatic heterocycles. The second kappa shape index (κ2) is 5.21. The lowest BCUT2D eigenvalue weighted by atomic mass is 10.1. The summed E-state index contributed by atoms with van der Waals surface area (Å²) in [6, 6.07) is 7.55. The summed E-state index contributed by atoms with van der Waals surface area (Å²) in [5, 5.41) is 0. The van der Waals surface area contributed by atoms with E-state index in [9.17, 15) is 14.4 Å². The Hall–Kier alpha value is -2.57. The molecule has 4 rings (SSSR count). The van der Waals surface area contributed by atoms with Crippen molar-refractivity contribution in [3.63, 3.8) is 0 Å². The van der Waals surface area contributed by atoms with Crippen molar-refractivity contribution in [2.45, 2.75) is 50.9 Å². The molecule has 3 fully saturated rings. The van der Waals surface area contributed by atoms with Crippen molar-refractivity contribution >= 4 is 23.7 Å². The predicted octanol–water partition coefficient (Wildman–Crippen LogP) is 2.22. The van der Waals surface area contributed by atoms with Crippen LogP contribution in [0.2, 0.25) is 0 Å². The van der Waals surface area contributed by atoms with Gasteiger partial charge in [0.1, 0.15) is 11.6 Å². The number of anilines is 1. The second-order valence-electron chi connectivity index (χ2n) is 7.73. The predicted molar refractivity (Wildman–Crippen MR) is 90.1 cm³/mol. The van der Waals surface area contributed by atoms with Gasteiger partial charge in [-0.1, -0.05) is 18.2 Å². The summed E-state index contributed by atoms with van der Waals surface area (Å²) in [5.74, 6) is -0.267. The molecule has 7 nitrogen and oxygen atoms in total. The van der Waals surface area contributed by atoms with Gasteiger partial charge in [-0.3, -0.25) is 4.79 Å². The Balaban J connectivity index is 1.60. The number of hydrogen-bond donors (Lipinski definition) is 0. The number of rotatable bonds is 1. The molecule has 132 valence electrons. The number of hydrogen-bond acceptors (Lipinski definition) is 4. The van der Waals surface area contributed by atoms with Gasteiger partial charge in [0.05, 0.1) is 17.8 Å². The molecule has 3 atom stereocenters. The van der Waals surface area contributed by atoms with Crippen molar-refractivity contribution in [3.05, 3.63) is 30.3 Å². The lowest BCUT2D eigenvalue weighted by Gasteiger charge is -2.35. The highest BCUT2D eigenvalue weighted by atomic mass is 16.6. The maximum Gasteiger partial charge on any atom is 0.410 e. The van der Waals surface area contributed by atoms with E-state index in [2.05, 4.69) is 0 Å². The van der Waals surface area contributed by atoms with Crippen LogP contribution in [0.15, 0.2) is 30.3 Å². The zero-order chi connectivity index (χ0) is 17.9. The average molecular weight is 343 g/mol. The number of fused-ring (bicyclic) bond motifs is 5. The number of imide groups is 1. The number of likely N-dealkylation sites (tertiary alicyclic amines) is 1. The maximum atomic E-state index is 12.9. The van der Waals surface area contributed by atoms with E-state index in [1.54, 1.807) is 34.1 Å². The Morgan fingerprint density at radius 3 is 2.48 bits per heavy atom. The smallest absolute Gasteiger partial charge is 0.410 e. The largest absolute Gasteiger partial charge is 0.444 e. The molecule has 25 heavy (non-hydrogen) atoms. The Bertz CT molecular complexity index is 742. The molecule has 0 spiro atoms. The molecule has 0 aliphatic carbocycles. The van der Waals surface area contributed by atoms with Gasteiger partial charge in [-0.15, -0.1) is 0 Å². The van der Waals surface area contributed by atoms with E-state index in [1.807, 2.05) is 26.8 Å². The van der Waals surface area contributed by atoms with E-state index < -0.39 is 17.7 Å². The van der Waals surface area contributed by atoms with Crippen LogP contribution < -0.4 is 4.90 Å². The highest BCUT2D eigenvalue weighted by Crippen LogP contribution is 2.42. The third kappa shape index (κ3) is 2.37. The van der Waals surface area contributed by atoms with Crippen molar-refractivity contribution in [1.82, 2.24) is 9.80 Å². The first-order valence-electron chi connectivity index (χ1n) is 8.49. The van der Waals surface area contributed by atoms with Crippen molar-refractivity contribution < 1.29 is 19.1 Å². The monoisotopic (exact) mass is 343 g/mol. The molecule has 7 heteroatoms. The fourth-order valence-electron chi connectivity index (χ4n) is 4.00. The minimum atomic E-state index is -0.612. The second-order valence-corrected chi connectivity index (χ2v) is 7.73. The molecule has 3 aliphatic rings. The van der Waals surface area contributed by atoms with Gasteiger partial charge < -0.3 is 14.5 Å². The fourth-order valence-corrected chi connectivity index (χ4v) is 4.00. The van der Waals surface area contributed by atoms with Crippen molar-refractivity contribution in [1.29, 1.82) is 0 Å². The molecule has 1 aromatic rings. The Morgan fingerprint density at radius 1 is 1.16 bits per heavy atom. The van der Waals surface area contributed by atoms with Gasteiger partial charge in [-0.2, -0.15) is 0 Å². The van der Waals surface area contributed by atoms with Crippen LogP contribution in [0.1, 0.15) is 27.2 Å². The maximum absolute atomic E-state index is 12.9. The molecule has 0 saturated carbocycles. The first-order valence-corrected chi connectivity index (χ1v) is 8.49. The summed E-state index contributed by atoms with van der Waals surface area (Å²) in [7, 11) is 0. The van der Waals surface area contributed by atoms with E-state index in [0.717, 1.165) is 0 Å². The zero-order valence-electron chi connectivity index (χ0n) is 14.5. The van der Waals surface area contributed by atoms with Gasteiger partial charge in [-0.25, -0.2) is 14.5 Å². The van der Waals surface area contributed by atoms with Crippen LogP contribution in [0.3, 0.4) is 0 Å². The number of para-hydroxylation sites is 1. The Labute approximate surface area is 146 Å². The highest BCUT2D eigenvalue weighted by molar-refractivity contribution is 6.22. The van der Waals surface area contributed by atoms with Crippen LogP contribution in [0, 0.1) is 0 Å². The molecule has 0 N–H and O–H groups in total. The third-order valence-electron chi connectivity index (χ3n) is 4.91. The molecule has 1 unspecified atom stereocenters. The van der Waals surface area contributed by atoms with Gasteiger partial charge in [0.2, 0.25) is 0 Å². The fraction of sp³-hybridized carbons (Fsp3) is 0.500. The standard InChI is InChI=1S/C18H21N3O4/c1-18(2,3)25-17(24)19-10-12-9-13(19)14-15(22)21(16(23)20(12)14)11-7-5-4-6-8-11/h4-8,12-14H,9-10H2,1-3H3/t12?,13-,14-/m1/s1. The summed E-state index contributed by atoms with van der Waals surface area (Å²) in [5.41, 5.74) is -0.0281. The van der Waals surface area contributed by atoms with Gasteiger partial charge in [0.15, 0.2) is 0 Å². The van der Waals surface area contributed by atoms with Crippen molar-refractivity contribution in [2.24, 2.45) is 0 Å². The van der Waals surface area contributed by atoms with Crippen LogP contribution >= 0.6 is 0 Å². The van der Waals surface area contributed by atoms with E-state index >= 15 is 0 Å². The quantitative estimate of drug-likeness (QED) is 0.733. The summed E-state index contributed by atoms with van der Waals surface area (Å²) in [6.07, 6.45) is 0.211. The molecule has 3 aliphatic heterocycles. The molecular weight excluding hydrogens is 322 g/mol. The van der Waals surface area contributed by atoms with E-state index in [4.69, 9.17) is 4.74 Å². The number of carbonyl (C=O) groups is 3. The lowest BCUT2D eigenvalue weighted by Crippen LogP contribution is -2.55. The Morgan fingerprint density at radius 2 is 1.84 bits per heavy atom. The molecule has 3 heterocycles. The van der Waals surface area contributed by atoms with E-state index in [1.165, 1.54) is 4.90 Å². The number of nitrogens with zero attached hydrogens (tertiary/aromatic N) is 3. The molecule has 0 radical (unpaired) electrons. The molecule has 1 aromatic carbocycles. The van der Waals surface area contributed by atoms with Gasteiger partial charge in [0.25, 0.3) is 5.91 Å². The molecule has 3 saturated heterocycles. The van der Waals surface area contributed by atoms with E-state index in [-0.39, 0.29) is 24.0 Å². The zero-order valence-corrected chi connectivity index (χ0v) is 14.5. The van der Waals surface area contributed by atoms with E-state index in [0.29, 0.717) is 18.7 Å². The number of carbonyl (C=O) groups excluding carboxylic acids is 3. The van der Waals surface area contributed by atoms with Crippen molar-refractivity contribution in [3.8, 4) is 0 Å². The van der Waals surface area contributed by atoms with Crippen LogP contribution in [0.4, 0.5) is 15.3 Å². The van der Waals surface area contributed by atoms with Crippen LogP contribution in [-0.2, 0) is 9.53 Å². The normalized spacial score (nSPS) is 28.0. The van der Waals surface area contributed by atoms with Crippen LogP contribution in [0.25, 0.3) is 0 Å². The third-order valence-corrected chi connectivity index (χ3v) is 4.91. The number of urea groups is 1. The van der Waals surface area contributed by atoms with Crippen LogP contribution in [0.5, 0.6) is 0 Å². The highest BCUT2D eigenvalue weighted by Gasteiger charge is 2.63. The number of ether oxygens (including phenoxy) is 1. The number of benzene rings is 1. The van der Waals surface area contributed by atoms with Crippen LogP contribution in [-0.4, -0.2) is 58.1 Å². The van der Waals surface area contributed by atoms with Gasteiger partial charge in [0, 0.05) is 6.54 Å².